The van der Waals surface area contributed by atoms with Crippen molar-refractivity contribution in [1.29, 1.82) is 10.5 Å². The van der Waals surface area contributed by atoms with Gasteiger partial charge in [-0.05, 0) is 0 Å². The largest absolute Gasteiger partial charge is 0.301 e. The number of nitrogens with zero attached hydrogens (tertiary/aromatic N) is 2. The monoisotopic (exact) mass is 182 g/mol. The van der Waals surface area contributed by atoms with Gasteiger partial charge in [0.25, 0.3) is 0 Å². The average molecular weight is 182 g/mol. The first-order valence-electron chi connectivity index (χ1n) is 2.65. The Balaban J connectivity index is 2.83. The highest BCUT2D eigenvalue weighted by Gasteiger charge is 2.25. The van der Waals surface area contributed by atoms with Crippen LogP contribution in [0.1, 0.15) is 0 Å². The van der Waals surface area contributed by atoms with Gasteiger partial charge in [0.15, 0.2) is 0 Å². The molecule has 0 saturated carbocycles. The Hall–Kier alpha value is -0.910. The Morgan fingerprint density at radius 2 is 1.73 bits per heavy atom. The van der Waals surface area contributed by atoms with E-state index in [1.807, 2.05) is 12.1 Å². The number of carbonyl (C=O) groups is 1. The van der Waals surface area contributed by atoms with Gasteiger partial charge in [0.2, 0.25) is 0 Å². The minimum absolute atomic E-state index is 0.306. The lowest BCUT2D eigenvalue weighted by Crippen LogP contribution is -1.90. The topological polar surface area (TPSA) is 64.7 Å². The number of nitriles is 2. The van der Waals surface area contributed by atoms with Crippen molar-refractivity contribution in [3.05, 3.63) is 9.81 Å². The van der Waals surface area contributed by atoms with Crippen LogP contribution in [-0.2, 0) is 4.79 Å². The van der Waals surface area contributed by atoms with Gasteiger partial charge in [0.1, 0.15) is 32.8 Å². The van der Waals surface area contributed by atoms with Crippen molar-refractivity contribution in [2.24, 2.45) is 0 Å². The number of rotatable bonds is 1. The molecule has 0 radical (unpaired) electrons. The molecule has 3 nitrogen and oxygen atoms in total. The fourth-order valence-electron chi connectivity index (χ4n) is 0.573. The fourth-order valence-corrected chi connectivity index (χ4v) is 2.62. The Morgan fingerprint density at radius 3 is 2.00 bits per heavy atom. The van der Waals surface area contributed by atoms with Crippen LogP contribution in [0, 0.1) is 22.7 Å². The van der Waals surface area contributed by atoms with E-state index in [9.17, 15) is 4.79 Å². The first kappa shape index (κ1) is 8.19. The molecule has 1 aliphatic heterocycles. The third-order valence-electron chi connectivity index (χ3n) is 0.988. The van der Waals surface area contributed by atoms with E-state index in [1.165, 1.54) is 0 Å². The van der Waals surface area contributed by atoms with E-state index in [1.54, 1.807) is 0 Å². The molecule has 5 heteroatoms. The van der Waals surface area contributed by atoms with Crippen molar-refractivity contribution in [2.45, 2.75) is 4.58 Å². The molecule has 0 aliphatic carbocycles. The van der Waals surface area contributed by atoms with Crippen molar-refractivity contribution >= 4 is 29.8 Å². The van der Waals surface area contributed by atoms with Crippen LogP contribution in [0.25, 0.3) is 0 Å². The fraction of sp³-hybridized carbons (Fsp3) is 0.167. The van der Waals surface area contributed by atoms with E-state index >= 15 is 0 Å². The van der Waals surface area contributed by atoms with E-state index < -0.39 is 0 Å². The van der Waals surface area contributed by atoms with Crippen molar-refractivity contribution in [3.8, 4) is 12.1 Å². The zero-order valence-electron chi connectivity index (χ0n) is 5.27. The van der Waals surface area contributed by atoms with Gasteiger partial charge in [0, 0.05) is 0 Å². The van der Waals surface area contributed by atoms with Crippen LogP contribution in [0.5, 0.6) is 0 Å². The van der Waals surface area contributed by atoms with Crippen LogP contribution >= 0.6 is 23.5 Å². The molecule has 0 saturated heterocycles. The lowest BCUT2D eigenvalue weighted by atomic mass is 10.5. The summed E-state index contributed by atoms with van der Waals surface area (Å²) in [6.07, 6.45) is 0.733. The number of aldehydes is 1. The molecule has 0 fully saturated rings. The summed E-state index contributed by atoms with van der Waals surface area (Å²) in [5.41, 5.74) is 0. The number of thioether (sulfide) groups is 2. The molecule has 1 rings (SSSR count). The summed E-state index contributed by atoms with van der Waals surface area (Å²) in [4.78, 5) is 11.0. The molecule has 0 spiro atoms. The predicted octanol–water partition coefficient (Wildman–Crippen LogP) is 1.25. The predicted molar refractivity (Wildman–Crippen MR) is 43.3 cm³/mol. The molecular formula is C6H2N2OS2. The minimum Gasteiger partial charge on any atom is -0.301 e. The molecule has 0 bridgehead atoms. The van der Waals surface area contributed by atoms with Crippen LogP contribution in [0.4, 0.5) is 0 Å². The summed E-state index contributed by atoms with van der Waals surface area (Å²) in [5.74, 6) is 0. The van der Waals surface area contributed by atoms with Crippen molar-refractivity contribution in [2.75, 3.05) is 0 Å². The van der Waals surface area contributed by atoms with Crippen LogP contribution in [0.2, 0.25) is 0 Å². The highest BCUT2D eigenvalue weighted by Crippen LogP contribution is 2.43. The number of carbonyl (C=O) groups excluding carboxylic acids is 1. The highest BCUT2D eigenvalue weighted by molar-refractivity contribution is 8.24. The summed E-state index contributed by atoms with van der Waals surface area (Å²) in [6, 6.07) is 3.74. The van der Waals surface area contributed by atoms with Crippen molar-refractivity contribution in [3.63, 3.8) is 0 Å². The lowest BCUT2D eigenvalue weighted by molar-refractivity contribution is -0.106. The zero-order valence-corrected chi connectivity index (χ0v) is 6.91. The van der Waals surface area contributed by atoms with Crippen molar-refractivity contribution in [1.82, 2.24) is 0 Å². The van der Waals surface area contributed by atoms with E-state index in [-0.39, 0.29) is 4.58 Å². The molecule has 54 valence electrons. The molecule has 11 heavy (non-hydrogen) atoms. The molecule has 0 amide bonds. The summed E-state index contributed by atoms with van der Waals surface area (Å²) in [5, 5.41) is 16.9. The van der Waals surface area contributed by atoms with E-state index in [4.69, 9.17) is 10.5 Å². The van der Waals surface area contributed by atoms with Crippen LogP contribution in [0.3, 0.4) is 0 Å². The molecule has 1 aliphatic rings. The smallest absolute Gasteiger partial charge is 0.143 e. The molecule has 0 atom stereocenters. The first-order valence-corrected chi connectivity index (χ1v) is 4.41. The molecular weight excluding hydrogens is 180 g/mol. The van der Waals surface area contributed by atoms with Gasteiger partial charge in [-0.25, -0.2) is 0 Å². The number of allylic oxidation sites excluding steroid dienone is 2. The molecule has 0 aromatic carbocycles. The Bertz CT molecular complexity index is 271. The lowest BCUT2D eigenvalue weighted by Gasteiger charge is -1.92. The molecule has 1 heterocycles. The van der Waals surface area contributed by atoms with Gasteiger partial charge in [-0.15, -0.1) is 0 Å². The second-order valence-electron chi connectivity index (χ2n) is 1.62. The summed E-state index contributed by atoms with van der Waals surface area (Å²) in [7, 11) is 0. The number of hydrogen-bond acceptors (Lipinski definition) is 5. The molecule has 0 N–H and O–H groups in total. The average Bonchev–Trinajstić information content (AvgIpc) is 2.46. The van der Waals surface area contributed by atoms with Crippen LogP contribution in [-0.4, -0.2) is 10.9 Å². The molecule has 0 unspecified atom stereocenters. The summed E-state index contributed by atoms with van der Waals surface area (Å²) < 4.78 is -0.306. The van der Waals surface area contributed by atoms with Gasteiger partial charge in [-0.1, -0.05) is 23.5 Å². The molecule has 0 aromatic heterocycles. The standard InChI is InChI=1S/C6H2N2OS2/c7-1-4-5(2-8)11-6(3-9)10-4/h3,6H. The Morgan fingerprint density at radius 1 is 1.27 bits per heavy atom. The van der Waals surface area contributed by atoms with E-state index in [0.717, 1.165) is 29.8 Å². The second kappa shape index (κ2) is 3.47. The third-order valence-corrected chi connectivity index (χ3v) is 3.44. The summed E-state index contributed by atoms with van der Waals surface area (Å²) >= 11 is 2.27. The van der Waals surface area contributed by atoms with Gasteiger partial charge >= 0.3 is 0 Å². The maximum atomic E-state index is 10.2. The quantitative estimate of drug-likeness (QED) is 0.571. The zero-order chi connectivity index (χ0) is 8.27. The minimum atomic E-state index is -0.306. The third kappa shape index (κ3) is 1.56. The molecule has 0 aromatic rings. The Labute approximate surface area is 72.1 Å². The van der Waals surface area contributed by atoms with Gasteiger partial charge < -0.3 is 4.79 Å². The van der Waals surface area contributed by atoms with Gasteiger partial charge in [0.05, 0.1) is 0 Å². The second-order valence-corrected chi connectivity index (χ2v) is 4.22. The summed E-state index contributed by atoms with van der Waals surface area (Å²) in [6.45, 7) is 0. The first-order chi connectivity index (χ1) is 5.31. The van der Waals surface area contributed by atoms with E-state index in [2.05, 4.69) is 0 Å². The maximum Gasteiger partial charge on any atom is 0.143 e. The van der Waals surface area contributed by atoms with Gasteiger partial charge in [-0.3, -0.25) is 0 Å². The SMILES string of the molecule is N#CC1=C(C#N)SC(C=O)S1. The van der Waals surface area contributed by atoms with Crippen LogP contribution < -0.4 is 0 Å². The maximum absolute atomic E-state index is 10.2. The van der Waals surface area contributed by atoms with E-state index in [0.29, 0.717) is 9.81 Å². The van der Waals surface area contributed by atoms with Crippen molar-refractivity contribution < 1.29 is 4.79 Å². The van der Waals surface area contributed by atoms with Gasteiger partial charge in [-0.2, -0.15) is 10.5 Å². The number of hydrogen-bond donors (Lipinski definition) is 0. The van der Waals surface area contributed by atoms with Crippen LogP contribution in [0.15, 0.2) is 9.81 Å². The normalized spacial score (nSPS) is 17.6. The highest BCUT2D eigenvalue weighted by atomic mass is 32.2. The Kier molecular flexibility index (Phi) is 2.58.